The molecule has 2 aromatic carbocycles. The number of halogens is 2. The molecule has 0 radical (unpaired) electrons. The van der Waals surface area contributed by atoms with Crippen LogP contribution in [0.2, 0.25) is 10.0 Å². The van der Waals surface area contributed by atoms with E-state index in [9.17, 15) is 13.2 Å². The number of nitrogens with two attached hydrogens (primary N) is 1. The van der Waals surface area contributed by atoms with Gasteiger partial charge in [0.1, 0.15) is 0 Å². The molecule has 0 aliphatic rings. The Balaban J connectivity index is 2.25. The minimum atomic E-state index is -3.82. The number of hydrogen-bond donors (Lipinski definition) is 2. The summed E-state index contributed by atoms with van der Waals surface area (Å²) < 4.78 is 25.8. The summed E-state index contributed by atoms with van der Waals surface area (Å²) in [6.07, 6.45) is 0.794. The predicted octanol–water partition coefficient (Wildman–Crippen LogP) is 2.60. The number of carbonyl (C=O) groups is 1. The SMILES string of the molecule is CS(=O)(=O)ON=C(N)NC(=O)c1cccc(-c2c(Cl)cccc2Cl)c1. The maximum atomic E-state index is 12.2. The number of benzene rings is 2. The third-order valence-electron chi connectivity index (χ3n) is 2.89. The van der Waals surface area contributed by atoms with Gasteiger partial charge in [-0.1, -0.05) is 41.4 Å². The van der Waals surface area contributed by atoms with Crippen LogP contribution >= 0.6 is 23.2 Å². The molecule has 0 atom stereocenters. The first-order valence-electron chi connectivity index (χ1n) is 6.75. The molecule has 0 saturated carbocycles. The lowest BCUT2D eigenvalue weighted by atomic mass is 10.0. The highest BCUT2D eigenvalue weighted by atomic mass is 35.5. The zero-order valence-corrected chi connectivity index (χ0v) is 15.2. The van der Waals surface area contributed by atoms with Gasteiger partial charge in [0.25, 0.3) is 5.91 Å². The molecule has 0 spiro atoms. The zero-order valence-electron chi connectivity index (χ0n) is 12.9. The number of amides is 1. The lowest BCUT2D eigenvalue weighted by molar-refractivity contribution is 0.0975. The number of rotatable bonds is 4. The van der Waals surface area contributed by atoms with Gasteiger partial charge >= 0.3 is 10.1 Å². The van der Waals surface area contributed by atoms with Crippen molar-refractivity contribution in [1.29, 1.82) is 0 Å². The first-order chi connectivity index (χ1) is 11.7. The maximum Gasteiger partial charge on any atom is 0.325 e. The van der Waals surface area contributed by atoms with E-state index < -0.39 is 22.0 Å². The molecule has 0 aromatic heterocycles. The minimum absolute atomic E-state index is 0.242. The number of hydrogen-bond acceptors (Lipinski definition) is 5. The molecular formula is C15H13Cl2N3O4S. The molecule has 0 aliphatic carbocycles. The van der Waals surface area contributed by atoms with E-state index >= 15 is 0 Å². The van der Waals surface area contributed by atoms with Crippen LogP contribution in [0.25, 0.3) is 11.1 Å². The number of guanidine groups is 1. The lowest BCUT2D eigenvalue weighted by Gasteiger charge is -2.09. The van der Waals surface area contributed by atoms with Gasteiger partial charge in [0.2, 0.25) is 5.96 Å². The first-order valence-corrected chi connectivity index (χ1v) is 9.32. The second-order valence-corrected chi connectivity index (χ2v) is 7.26. The van der Waals surface area contributed by atoms with Gasteiger partial charge in [-0.05, 0) is 35.0 Å². The second-order valence-electron chi connectivity index (χ2n) is 4.89. The maximum absolute atomic E-state index is 12.2. The lowest BCUT2D eigenvalue weighted by Crippen LogP contribution is -2.37. The Morgan fingerprint density at radius 1 is 1.16 bits per heavy atom. The van der Waals surface area contributed by atoms with Crippen LogP contribution in [0.4, 0.5) is 0 Å². The molecule has 0 unspecified atom stereocenters. The van der Waals surface area contributed by atoms with Crippen molar-refractivity contribution >= 4 is 45.2 Å². The monoisotopic (exact) mass is 401 g/mol. The molecule has 3 N–H and O–H groups in total. The van der Waals surface area contributed by atoms with Gasteiger partial charge in [0, 0.05) is 21.2 Å². The van der Waals surface area contributed by atoms with Gasteiger partial charge in [0.05, 0.1) is 6.26 Å². The fraction of sp³-hybridized carbons (Fsp3) is 0.0667. The predicted molar refractivity (Wildman–Crippen MR) is 96.9 cm³/mol. The van der Waals surface area contributed by atoms with Crippen molar-refractivity contribution in [1.82, 2.24) is 5.32 Å². The van der Waals surface area contributed by atoms with Crippen molar-refractivity contribution in [2.45, 2.75) is 0 Å². The van der Waals surface area contributed by atoms with Crippen molar-refractivity contribution in [2.24, 2.45) is 10.9 Å². The van der Waals surface area contributed by atoms with Crippen molar-refractivity contribution in [3.05, 3.63) is 58.1 Å². The Labute approximate surface area is 154 Å². The molecule has 0 heterocycles. The molecule has 7 nitrogen and oxygen atoms in total. The number of carbonyl (C=O) groups excluding carboxylic acids is 1. The molecule has 132 valence electrons. The topological polar surface area (TPSA) is 111 Å². The van der Waals surface area contributed by atoms with Crippen molar-refractivity contribution in [2.75, 3.05) is 6.26 Å². The summed E-state index contributed by atoms with van der Waals surface area (Å²) in [4.78, 5) is 12.2. The standard InChI is InChI=1S/C15H13Cl2N3O4S/c1-25(22,23)24-20-15(18)19-14(21)10-5-2-4-9(8-10)13-11(16)6-3-7-12(13)17/h2-8H,1H3,(H3,18,19,20,21). The molecule has 0 aliphatic heterocycles. The summed E-state index contributed by atoms with van der Waals surface area (Å²) in [7, 11) is -3.82. The molecule has 0 bridgehead atoms. The molecule has 0 fully saturated rings. The van der Waals surface area contributed by atoms with Crippen LogP contribution in [-0.2, 0) is 14.4 Å². The van der Waals surface area contributed by atoms with Crippen LogP contribution in [0.3, 0.4) is 0 Å². The normalized spacial score (nSPS) is 11.9. The fourth-order valence-corrected chi connectivity index (χ4v) is 2.74. The van der Waals surface area contributed by atoms with E-state index in [1.807, 2.05) is 0 Å². The van der Waals surface area contributed by atoms with E-state index in [1.54, 1.807) is 36.4 Å². The largest absolute Gasteiger partial charge is 0.367 e. The Morgan fingerprint density at radius 2 is 1.76 bits per heavy atom. The van der Waals surface area contributed by atoms with Gasteiger partial charge in [-0.3, -0.25) is 14.4 Å². The molecule has 10 heteroatoms. The van der Waals surface area contributed by atoms with E-state index in [-0.39, 0.29) is 5.56 Å². The van der Waals surface area contributed by atoms with Crippen LogP contribution < -0.4 is 11.1 Å². The number of nitrogens with zero attached hydrogens (tertiary/aromatic N) is 1. The zero-order chi connectivity index (χ0) is 18.6. The van der Waals surface area contributed by atoms with Crippen molar-refractivity contribution in [3.63, 3.8) is 0 Å². The van der Waals surface area contributed by atoms with E-state index in [2.05, 4.69) is 14.8 Å². The van der Waals surface area contributed by atoms with Crippen LogP contribution in [-0.4, -0.2) is 26.5 Å². The third-order valence-corrected chi connectivity index (χ3v) is 3.86. The third kappa shape index (κ3) is 5.35. The Hall–Kier alpha value is -2.29. The molecular weight excluding hydrogens is 389 g/mol. The average molecular weight is 402 g/mol. The van der Waals surface area contributed by atoms with Crippen molar-refractivity contribution in [3.8, 4) is 11.1 Å². The van der Waals surface area contributed by atoms with Gasteiger partial charge in [0.15, 0.2) is 0 Å². The highest BCUT2D eigenvalue weighted by molar-refractivity contribution is 7.85. The quantitative estimate of drug-likeness (QED) is 0.464. The van der Waals surface area contributed by atoms with E-state index in [4.69, 9.17) is 28.9 Å². The molecule has 2 aromatic rings. The molecule has 1 amide bonds. The second kappa shape index (κ2) is 7.73. The van der Waals surface area contributed by atoms with Crippen LogP contribution in [0.5, 0.6) is 0 Å². The van der Waals surface area contributed by atoms with Gasteiger partial charge in [-0.2, -0.15) is 8.42 Å². The smallest absolute Gasteiger partial charge is 0.325 e. The van der Waals surface area contributed by atoms with E-state index in [1.165, 1.54) is 6.07 Å². The summed E-state index contributed by atoms with van der Waals surface area (Å²) in [5.74, 6) is -1.11. The Bertz CT molecular complexity index is 925. The summed E-state index contributed by atoms with van der Waals surface area (Å²) in [5.41, 5.74) is 6.86. The van der Waals surface area contributed by atoms with Crippen LogP contribution in [0.1, 0.15) is 10.4 Å². The first kappa shape index (κ1) is 19.0. The summed E-state index contributed by atoms with van der Waals surface area (Å²) in [5, 5.41) is 6.19. The average Bonchev–Trinajstić information content (AvgIpc) is 2.52. The van der Waals surface area contributed by atoms with E-state index in [0.717, 1.165) is 6.26 Å². The minimum Gasteiger partial charge on any atom is -0.367 e. The van der Waals surface area contributed by atoms with Crippen LogP contribution in [0, 0.1) is 0 Å². The summed E-state index contributed by atoms with van der Waals surface area (Å²) in [6.45, 7) is 0. The Kier molecular flexibility index (Phi) is 5.89. The highest BCUT2D eigenvalue weighted by Crippen LogP contribution is 2.34. The molecule has 0 saturated heterocycles. The number of nitrogens with one attached hydrogen (secondary N) is 1. The Morgan fingerprint density at radius 3 is 2.36 bits per heavy atom. The van der Waals surface area contributed by atoms with Gasteiger partial charge in [-0.15, -0.1) is 0 Å². The summed E-state index contributed by atoms with van der Waals surface area (Å²) >= 11 is 12.3. The molecule has 2 rings (SSSR count). The van der Waals surface area contributed by atoms with Crippen LogP contribution in [0.15, 0.2) is 47.6 Å². The summed E-state index contributed by atoms with van der Waals surface area (Å²) in [6, 6.07) is 11.6. The fourth-order valence-electron chi connectivity index (χ4n) is 1.91. The number of oxime groups is 1. The highest BCUT2D eigenvalue weighted by Gasteiger charge is 2.13. The van der Waals surface area contributed by atoms with Crippen molar-refractivity contribution < 1.29 is 17.5 Å². The van der Waals surface area contributed by atoms with Gasteiger partial charge in [-0.25, -0.2) is 0 Å². The van der Waals surface area contributed by atoms with Gasteiger partial charge < -0.3 is 5.73 Å². The van der Waals surface area contributed by atoms with E-state index in [0.29, 0.717) is 21.2 Å². The molecule has 25 heavy (non-hydrogen) atoms.